The molecule has 3 aromatic heterocycles. The lowest BCUT2D eigenvalue weighted by Crippen LogP contribution is -2.31. The number of aromatic nitrogens is 7. The summed E-state index contributed by atoms with van der Waals surface area (Å²) in [7, 11) is -0.941. The van der Waals surface area contributed by atoms with Gasteiger partial charge in [-0.3, -0.25) is 14.0 Å². The summed E-state index contributed by atoms with van der Waals surface area (Å²) in [5.41, 5.74) is 2.21. The average molecular weight is 559 g/mol. The van der Waals surface area contributed by atoms with Crippen molar-refractivity contribution >= 4 is 27.6 Å². The van der Waals surface area contributed by atoms with Crippen molar-refractivity contribution in [2.24, 2.45) is 0 Å². The quantitative estimate of drug-likeness (QED) is 0.327. The summed E-state index contributed by atoms with van der Waals surface area (Å²) in [4.78, 5) is 8.38. The average Bonchev–Trinajstić information content (AvgIpc) is 3.64. The van der Waals surface area contributed by atoms with E-state index >= 15 is 0 Å². The molecule has 2 atom stereocenters. The molecule has 0 fully saturated rings. The first-order valence-corrected chi connectivity index (χ1v) is 13.9. The van der Waals surface area contributed by atoms with E-state index in [1.54, 1.807) is 42.8 Å². The minimum absolute atomic E-state index is 0.0168. The lowest BCUT2D eigenvalue weighted by Gasteiger charge is -2.21. The zero-order valence-electron chi connectivity index (χ0n) is 21.3. The van der Waals surface area contributed by atoms with E-state index in [-0.39, 0.29) is 5.95 Å². The summed E-state index contributed by atoms with van der Waals surface area (Å²) in [5, 5.41) is 12.6. The van der Waals surface area contributed by atoms with Crippen LogP contribution in [0.4, 0.5) is 5.95 Å². The highest BCUT2D eigenvalue weighted by atomic mass is 35.5. The van der Waals surface area contributed by atoms with Gasteiger partial charge in [-0.05, 0) is 31.9 Å². The summed E-state index contributed by atoms with van der Waals surface area (Å²) in [5.74, 6) is 1.11. The molecule has 4 heterocycles. The van der Waals surface area contributed by atoms with Crippen molar-refractivity contribution in [2.45, 2.75) is 44.4 Å². The Labute approximate surface area is 225 Å². The highest BCUT2D eigenvalue weighted by Gasteiger charge is 2.33. The molecule has 14 heteroatoms. The molecule has 1 N–H and O–H groups in total. The van der Waals surface area contributed by atoms with Crippen LogP contribution >= 0.6 is 11.6 Å². The number of sulfonamides is 1. The van der Waals surface area contributed by atoms with Crippen molar-refractivity contribution in [3.63, 3.8) is 0 Å². The number of hydrogen-bond donors (Lipinski definition) is 1. The minimum Gasteiger partial charge on any atom is -0.494 e. The SMILES string of the molecule is COc1cccc(OC)c1-n1c(NS(=O)(=O)C(C)C(C)c2ncc(Cl)cn2)nnc1-c1cnn2c1CCC2. The fourth-order valence-electron chi connectivity index (χ4n) is 4.50. The van der Waals surface area contributed by atoms with E-state index in [2.05, 4.69) is 30.0 Å². The standard InChI is InChI=1S/C24H27ClN8O4S/c1-14(22-26-11-16(25)12-27-22)15(2)38(34,35)31-24-30-29-23(17-13-28-32-10-6-7-18(17)32)33(24)21-19(36-3)8-5-9-20(21)37-4/h5,8-9,11-15H,6-7,10H2,1-4H3,(H,30,31). The number of ether oxygens (including phenoxy) is 2. The zero-order valence-corrected chi connectivity index (χ0v) is 22.9. The van der Waals surface area contributed by atoms with Gasteiger partial charge in [0, 0.05) is 30.6 Å². The molecular weight excluding hydrogens is 532 g/mol. The van der Waals surface area contributed by atoms with Crippen LogP contribution in [0.3, 0.4) is 0 Å². The molecule has 0 amide bonds. The number of methoxy groups -OCH3 is 2. The Kier molecular flexibility index (Phi) is 6.97. The number of nitrogens with one attached hydrogen (secondary N) is 1. The lowest BCUT2D eigenvalue weighted by molar-refractivity contribution is 0.391. The van der Waals surface area contributed by atoms with E-state index in [1.165, 1.54) is 26.6 Å². The van der Waals surface area contributed by atoms with Crippen molar-refractivity contribution < 1.29 is 17.9 Å². The van der Waals surface area contributed by atoms with Crippen LogP contribution in [0, 0.1) is 0 Å². The molecule has 4 aromatic rings. The molecule has 2 unspecified atom stereocenters. The van der Waals surface area contributed by atoms with Crippen molar-refractivity contribution in [1.82, 2.24) is 34.5 Å². The monoisotopic (exact) mass is 558 g/mol. The molecule has 0 bridgehead atoms. The van der Waals surface area contributed by atoms with Gasteiger partial charge in [0.2, 0.25) is 16.0 Å². The summed E-state index contributed by atoms with van der Waals surface area (Å²) >= 11 is 5.90. The number of para-hydroxylation sites is 1. The fourth-order valence-corrected chi connectivity index (χ4v) is 5.82. The number of benzene rings is 1. The molecule has 0 saturated heterocycles. The fraction of sp³-hybridized carbons (Fsp3) is 0.375. The van der Waals surface area contributed by atoms with Gasteiger partial charge in [-0.25, -0.2) is 18.4 Å². The summed E-state index contributed by atoms with van der Waals surface area (Å²) in [6.07, 6.45) is 6.38. The zero-order chi connectivity index (χ0) is 27.0. The molecule has 0 radical (unpaired) electrons. The van der Waals surface area contributed by atoms with Gasteiger partial charge in [-0.1, -0.05) is 24.6 Å². The Balaban J connectivity index is 1.62. The highest BCUT2D eigenvalue weighted by molar-refractivity contribution is 7.93. The number of anilines is 1. The third-order valence-electron chi connectivity index (χ3n) is 6.74. The van der Waals surface area contributed by atoms with Crippen molar-refractivity contribution in [2.75, 3.05) is 18.9 Å². The topological polar surface area (TPSA) is 139 Å². The number of halogens is 1. The predicted octanol–water partition coefficient (Wildman–Crippen LogP) is 3.47. The molecule has 1 aromatic carbocycles. The molecule has 1 aliphatic rings. The Hall–Kier alpha value is -3.71. The van der Waals surface area contributed by atoms with E-state index < -0.39 is 21.2 Å². The molecule has 12 nitrogen and oxygen atoms in total. The van der Waals surface area contributed by atoms with Crippen LogP contribution in [0.1, 0.15) is 37.7 Å². The second-order valence-corrected chi connectivity index (χ2v) is 11.4. The van der Waals surface area contributed by atoms with E-state index in [1.807, 2.05) is 4.68 Å². The molecule has 200 valence electrons. The third-order valence-corrected chi connectivity index (χ3v) is 8.79. The Morgan fingerprint density at radius 1 is 1.05 bits per heavy atom. The summed E-state index contributed by atoms with van der Waals surface area (Å²) < 4.78 is 44.6. The Morgan fingerprint density at radius 3 is 2.39 bits per heavy atom. The van der Waals surface area contributed by atoms with Gasteiger partial charge in [-0.2, -0.15) is 5.10 Å². The maximum absolute atomic E-state index is 13.6. The van der Waals surface area contributed by atoms with Crippen molar-refractivity contribution in [1.29, 1.82) is 0 Å². The smallest absolute Gasteiger partial charge is 0.243 e. The lowest BCUT2D eigenvalue weighted by atomic mass is 10.1. The minimum atomic E-state index is -4.00. The number of nitrogens with zero attached hydrogens (tertiary/aromatic N) is 7. The van der Waals surface area contributed by atoms with E-state index in [9.17, 15) is 8.42 Å². The number of rotatable bonds is 9. The molecule has 0 saturated carbocycles. The van der Waals surface area contributed by atoms with Crippen LogP contribution < -0.4 is 14.2 Å². The molecule has 5 rings (SSSR count). The molecule has 38 heavy (non-hydrogen) atoms. The summed E-state index contributed by atoms with van der Waals surface area (Å²) in [6, 6.07) is 5.29. The molecule has 0 spiro atoms. The van der Waals surface area contributed by atoms with Crippen LogP contribution in [-0.4, -0.2) is 62.4 Å². The van der Waals surface area contributed by atoms with Crippen LogP contribution in [0.5, 0.6) is 11.5 Å². The van der Waals surface area contributed by atoms with Gasteiger partial charge in [0.05, 0.1) is 36.3 Å². The van der Waals surface area contributed by atoms with Crippen LogP contribution in [0.25, 0.3) is 17.1 Å². The van der Waals surface area contributed by atoms with Gasteiger partial charge < -0.3 is 9.47 Å². The second kappa shape index (κ2) is 10.2. The molecule has 0 aliphatic carbocycles. The van der Waals surface area contributed by atoms with Crippen LogP contribution in [-0.2, 0) is 23.0 Å². The molecule has 1 aliphatic heterocycles. The van der Waals surface area contributed by atoms with Gasteiger partial charge in [0.1, 0.15) is 23.0 Å². The van der Waals surface area contributed by atoms with Crippen molar-refractivity contribution in [3.8, 4) is 28.6 Å². The van der Waals surface area contributed by atoms with Gasteiger partial charge in [-0.15, -0.1) is 10.2 Å². The Morgan fingerprint density at radius 2 is 1.74 bits per heavy atom. The maximum Gasteiger partial charge on any atom is 0.243 e. The number of fused-ring (bicyclic) bond motifs is 1. The first-order chi connectivity index (χ1) is 18.2. The highest BCUT2D eigenvalue weighted by Crippen LogP contribution is 2.39. The first-order valence-electron chi connectivity index (χ1n) is 12.0. The van der Waals surface area contributed by atoms with Crippen LogP contribution in [0.15, 0.2) is 36.8 Å². The van der Waals surface area contributed by atoms with Gasteiger partial charge in [0.25, 0.3) is 0 Å². The number of hydrogen-bond acceptors (Lipinski definition) is 9. The van der Waals surface area contributed by atoms with Crippen LogP contribution in [0.2, 0.25) is 5.02 Å². The number of aryl methyl sites for hydroxylation is 1. The van der Waals surface area contributed by atoms with E-state index in [4.69, 9.17) is 21.1 Å². The normalized spacial score (nSPS) is 14.7. The summed E-state index contributed by atoms with van der Waals surface area (Å²) in [6.45, 7) is 4.13. The molecular formula is C24H27ClN8O4S. The maximum atomic E-state index is 13.6. The van der Waals surface area contributed by atoms with Gasteiger partial charge >= 0.3 is 0 Å². The second-order valence-electron chi connectivity index (χ2n) is 8.93. The third kappa shape index (κ3) is 4.56. The first kappa shape index (κ1) is 25.9. The largest absolute Gasteiger partial charge is 0.494 e. The predicted molar refractivity (Wildman–Crippen MR) is 141 cm³/mol. The Bertz CT molecular complexity index is 1550. The van der Waals surface area contributed by atoms with Crippen molar-refractivity contribution in [3.05, 3.63) is 53.3 Å². The van der Waals surface area contributed by atoms with E-state index in [0.717, 1.165) is 30.6 Å². The van der Waals surface area contributed by atoms with Gasteiger partial charge in [0.15, 0.2) is 5.82 Å². The van der Waals surface area contributed by atoms with E-state index in [0.29, 0.717) is 33.9 Å².